The molecule has 0 bridgehead atoms. The Balaban J connectivity index is 2.63. The van der Waals surface area contributed by atoms with E-state index >= 15 is 0 Å². The summed E-state index contributed by atoms with van der Waals surface area (Å²) in [5, 5.41) is 3.47. The lowest BCUT2D eigenvalue weighted by Gasteiger charge is -2.21. The fourth-order valence-electron chi connectivity index (χ4n) is 1.64. The number of halogens is 5. The van der Waals surface area contributed by atoms with E-state index in [9.17, 15) is 17.6 Å². The molecule has 0 fully saturated rings. The van der Waals surface area contributed by atoms with Gasteiger partial charge in [0.2, 0.25) is 0 Å². The standard InChI is InChI=1S/C13H16ClF4NO/c1-2-19-11(9-5-3-4-6-10(9)14)7-20-8-13(17,18)12(15)16/h3-6,11-12,19H,2,7-8H2,1H3. The van der Waals surface area contributed by atoms with Crippen LogP contribution in [-0.4, -0.2) is 32.1 Å². The zero-order valence-corrected chi connectivity index (χ0v) is 11.6. The molecular weight excluding hydrogens is 298 g/mol. The third-order valence-electron chi connectivity index (χ3n) is 2.63. The zero-order chi connectivity index (χ0) is 15.2. The third kappa shape index (κ3) is 4.92. The first-order valence-electron chi connectivity index (χ1n) is 6.10. The molecule has 0 amide bonds. The fraction of sp³-hybridized carbons (Fsp3) is 0.538. The van der Waals surface area contributed by atoms with Crippen LogP contribution < -0.4 is 5.32 Å². The first kappa shape index (κ1) is 17.2. The van der Waals surface area contributed by atoms with Gasteiger partial charge in [0.05, 0.1) is 12.6 Å². The summed E-state index contributed by atoms with van der Waals surface area (Å²) in [7, 11) is 0. The topological polar surface area (TPSA) is 21.3 Å². The predicted octanol–water partition coefficient (Wildman–Crippen LogP) is 3.91. The van der Waals surface area contributed by atoms with Crippen LogP contribution in [0.3, 0.4) is 0 Å². The first-order valence-corrected chi connectivity index (χ1v) is 6.47. The van der Waals surface area contributed by atoms with Crippen molar-refractivity contribution in [3.8, 4) is 0 Å². The molecule has 0 spiro atoms. The smallest absolute Gasteiger partial charge is 0.330 e. The van der Waals surface area contributed by atoms with Gasteiger partial charge in [-0.1, -0.05) is 36.7 Å². The Hall–Kier alpha value is -0.850. The maximum Gasteiger partial charge on any atom is 0.330 e. The molecule has 0 saturated heterocycles. The van der Waals surface area contributed by atoms with Crippen molar-refractivity contribution in [1.82, 2.24) is 5.32 Å². The molecule has 0 heterocycles. The van der Waals surface area contributed by atoms with Gasteiger partial charge in [0.25, 0.3) is 0 Å². The molecule has 114 valence electrons. The van der Waals surface area contributed by atoms with Crippen molar-refractivity contribution in [3.05, 3.63) is 34.9 Å². The van der Waals surface area contributed by atoms with E-state index in [0.29, 0.717) is 17.1 Å². The number of nitrogens with one attached hydrogen (secondary N) is 1. The van der Waals surface area contributed by atoms with Crippen molar-refractivity contribution in [2.24, 2.45) is 0 Å². The van der Waals surface area contributed by atoms with E-state index in [1.165, 1.54) is 0 Å². The Kier molecular flexibility index (Phi) is 6.71. The average molecular weight is 314 g/mol. The number of rotatable bonds is 8. The Labute approximate surface area is 120 Å². The summed E-state index contributed by atoms with van der Waals surface area (Å²) in [5.74, 6) is -4.14. The van der Waals surface area contributed by atoms with Crippen molar-refractivity contribution >= 4 is 11.6 Å². The molecule has 1 unspecified atom stereocenters. The highest BCUT2D eigenvalue weighted by atomic mass is 35.5. The normalized spacial score (nSPS) is 13.8. The van der Waals surface area contributed by atoms with Crippen molar-refractivity contribution < 1.29 is 22.3 Å². The Morgan fingerprint density at radius 2 is 1.95 bits per heavy atom. The van der Waals surface area contributed by atoms with E-state index in [4.69, 9.17) is 16.3 Å². The van der Waals surface area contributed by atoms with Gasteiger partial charge in [0, 0.05) is 5.02 Å². The molecule has 1 aromatic rings. The van der Waals surface area contributed by atoms with Gasteiger partial charge in [0.15, 0.2) is 0 Å². The van der Waals surface area contributed by atoms with Crippen LogP contribution in [0.5, 0.6) is 0 Å². The van der Waals surface area contributed by atoms with Crippen LogP contribution in [0.25, 0.3) is 0 Å². The summed E-state index contributed by atoms with van der Waals surface area (Å²) in [6, 6.07) is 6.45. The summed E-state index contributed by atoms with van der Waals surface area (Å²) in [6.07, 6.45) is -3.74. The third-order valence-corrected chi connectivity index (χ3v) is 2.97. The lowest BCUT2D eigenvalue weighted by molar-refractivity contribution is -0.167. The van der Waals surface area contributed by atoms with Crippen LogP contribution in [0, 0.1) is 0 Å². The summed E-state index contributed by atoms with van der Waals surface area (Å²) in [4.78, 5) is 0. The largest absolute Gasteiger partial charge is 0.373 e. The van der Waals surface area contributed by atoms with Crippen LogP contribution in [0.4, 0.5) is 17.6 Å². The Morgan fingerprint density at radius 1 is 1.30 bits per heavy atom. The van der Waals surface area contributed by atoms with Crippen molar-refractivity contribution in [2.75, 3.05) is 19.8 Å². The molecule has 0 aliphatic rings. The van der Waals surface area contributed by atoms with Crippen LogP contribution in [0.1, 0.15) is 18.5 Å². The summed E-state index contributed by atoms with van der Waals surface area (Å²) in [6.45, 7) is 0.902. The molecule has 1 atom stereocenters. The summed E-state index contributed by atoms with van der Waals surface area (Å²) in [5.41, 5.74) is 0.677. The van der Waals surface area contributed by atoms with Crippen molar-refractivity contribution in [3.63, 3.8) is 0 Å². The van der Waals surface area contributed by atoms with E-state index in [1.54, 1.807) is 24.3 Å². The quantitative estimate of drug-likeness (QED) is 0.735. The second-order valence-electron chi connectivity index (χ2n) is 4.21. The molecule has 0 aliphatic carbocycles. The van der Waals surface area contributed by atoms with Crippen molar-refractivity contribution in [1.29, 1.82) is 0 Å². The molecule has 1 aromatic carbocycles. The van der Waals surface area contributed by atoms with E-state index in [0.717, 1.165) is 0 Å². The zero-order valence-electron chi connectivity index (χ0n) is 10.9. The van der Waals surface area contributed by atoms with Crippen LogP contribution in [0.2, 0.25) is 5.02 Å². The Bertz CT molecular complexity index is 417. The number of hydrogen-bond acceptors (Lipinski definition) is 2. The van der Waals surface area contributed by atoms with Gasteiger partial charge in [-0.2, -0.15) is 8.78 Å². The maximum atomic E-state index is 12.7. The number of benzene rings is 1. The molecule has 2 nitrogen and oxygen atoms in total. The number of hydrogen-bond donors (Lipinski definition) is 1. The lowest BCUT2D eigenvalue weighted by Crippen LogP contribution is -2.34. The van der Waals surface area contributed by atoms with E-state index < -0.39 is 25.0 Å². The summed E-state index contributed by atoms with van der Waals surface area (Å²) < 4.78 is 54.2. The van der Waals surface area contributed by atoms with Gasteiger partial charge in [-0.25, -0.2) is 8.78 Å². The Morgan fingerprint density at radius 3 is 2.50 bits per heavy atom. The van der Waals surface area contributed by atoms with Crippen molar-refractivity contribution in [2.45, 2.75) is 25.3 Å². The second kappa shape index (κ2) is 7.81. The van der Waals surface area contributed by atoms with E-state index in [2.05, 4.69) is 5.32 Å². The molecule has 0 saturated carbocycles. The average Bonchev–Trinajstić information content (AvgIpc) is 2.38. The van der Waals surface area contributed by atoms with Gasteiger partial charge in [-0.15, -0.1) is 0 Å². The minimum atomic E-state index is -4.14. The first-order chi connectivity index (χ1) is 9.38. The second-order valence-corrected chi connectivity index (χ2v) is 4.62. The molecule has 0 aliphatic heterocycles. The molecule has 7 heteroatoms. The summed E-state index contributed by atoms with van der Waals surface area (Å²) >= 11 is 6.01. The van der Waals surface area contributed by atoms with Crippen LogP contribution in [0.15, 0.2) is 24.3 Å². The minimum absolute atomic E-state index is 0.167. The number of likely N-dealkylation sites (N-methyl/N-ethyl adjacent to an activating group) is 1. The van der Waals surface area contributed by atoms with E-state index in [-0.39, 0.29) is 6.61 Å². The highest BCUT2D eigenvalue weighted by molar-refractivity contribution is 6.31. The molecule has 1 N–H and O–H groups in total. The lowest BCUT2D eigenvalue weighted by atomic mass is 10.1. The number of alkyl halides is 4. The molecule has 0 radical (unpaired) electrons. The van der Waals surface area contributed by atoms with Crippen LogP contribution >= 0.6 is 11.6 Å². The van der Waals surface area contributed by atoms with Gasteiger partial charge in [-0.05, 0) is 18.2 Å². The number of ether oxygens (including phenoxy) is 1. The van der Waals surface area contributed by atoms with Gasteiger partial charge in [0.1, 0.15) is 6.61 Å². The molecule has 20 heavy (non-hydrogen) atoms. The SMILES string of the molecule is CCNC(COCC(F)(F)C(F)F)c1ccccc1Cl. The predicted molar refractivity (Wildman–Crippen MR) is 69.6 cm³/mol. The van der Waals surface area contributed by atoms with Gasteiger partial charge < -0.3 is 10.1 Å². The van der Waals surface area contributed by atoms with Crippen LogP contribution in [-0.2, 0) is 4.74 Å². The van der Waals surface area contributed by atoms with Gasteiger partial charge >= 0.3 is 12.3 Å². The highest BCUT2D eigenvalue weighted by Crippen LogP contribution is 2.25. The fourth-order valence-corrected chi connectivity index (χ4v) is 1.91. The molecule has 0 aromatic heterocycles. The molecule has 1 rings (SSSR count). The minimum Gasteiger partial charge on any atom is -0.373 e. The maximum absolute atomic E-state index is 12.7. The van der Waals surface area contributed by atoms with E-state index in [1.807, 2.05) is 6.92 Å². The molecular formula is C13H16ClF4NO. The van der Waals surface area contributed by atoms with Gasteiger partial charge in [-0.3, -0.25) is 0 Å². The monoisotopic (exact) mass is 313 g/mol. The highest BCUT2D eigenvalue weighted by Gasteiger charge is 2.41.